The molecule has 0 unspecified atom stereocenters. The highest BCUT2D eigenvalue weighted by atomic mass is 32.2. The van der Waals surface area contributed by atoms with E-state index in [2.05, 4.69) is 9.82 Å². The molecule has 0 saturated heterocycles. The molecule has 0 spiro atoms. The van der Waals surface area contributed by atoms with E-state index in [1.165, 1.54) is 30.1 Å². The van der Waals surface area contributed by atoms with Crippen LogP contribution in [0, 0.1) is 0 Å². The number of hydrogen-bond acceptors (Lipinski definition) is 4. The number of benzene rings is 1. The lowest BCUT2D eigenvalue weighted by Gasteiger charge is -2.08. The lowest BCUT2D eigenvalue weighted by molar-refractivity contribution is 0.414. The zero-order valence-electron chi connectivity index (χ0n) is 9.99. The van der Waals surface area contributed by atoms with Gasteiger partial charge in [-0.1, -0.05) is 0 Å². The minimum Gasteiger partial charge on any atom is -0.497 e. The third-order valence-corrected chi connectivity index (χ3v) is 3.80. The molecule has 0 atom stereocenters. The number of nitrogens with zero attached hydrogens (tertiary/aromatic N) is 2. The van der Waals surface area contributed by atoms with Gasteiger partial charge in [0.1, 0.15) is 11.6 Å². The van der Waals surface area contributed by atoms with Crippen LogP contribution in [-0.4, -0.2) is 25.3 Å². The second kappa shape index (κ2) is 4.69. The van der Waals surface area contributed by atoms with Gasteiger partial charge in [-0.25, -0.2) is 8.42 Å². The summed E-state index contributed by atoms with van der Waals surface area (Å²) < 4.78 is 33.0. The summed E-state index contributed by atoms with van der Waals surface area (Å²) >= 11 is 0. The maximum atomic E-state index is 12.1. The van der Waals surface area contributed by atoms with Gasteiger partial charge in [0.25, 0.3) is 10.0 Å². The van der Waals surface area contributed by atoms with Crippen molar-refractivity contribution >= 4 is 15.8 Å². The minimum absolute atomic E-state index is 0.171. The molecule has 0 aliphatic heterocycles. The number of sulfonamides is 1. The summed E-state index contributed by atoms with van der Waals surface area (Å²) in [4.78, 5) is 0.171. The average Bonchev–Trinajstić information content (AvgIpc) is 2.74. The second-order valence-electron chi connectivity index (χ2n) is 3.62. The van der Waals surface area contributed by atoms with Crippen molar-refractivity contribution in [2.24, 2.45) is 7.05 Å². The summed E-state index contributed by atoms with van der Waals surface area (Å²) in [7, 11) is -0.413. The van der Waals surface area contributed by atoms with Crippen molar-refractivity contribution in [3.63, 3.8) is 0 Å². The van der Waals surface area contributed by atoms with Gasteiger partial charge in [-0.2, -0.15) is 5.10 Å². The number of rotatable bonds is 4. The molecule has 18 heavy (non-hydrogen) atoms. The van der Waals surface area contributed by atoms with Crippen molar-refractivity contribution in [3.8, 4) is 5.75 Å². The molecule has 0 aliphatic rings. The number of hydrogen-bond donors (Lipinski definition) is 1. The van der Waals surface area contributed by atoms with Crippen molar-refractivity contribution in [3.05, 3.63) is 36.5 Å². The first-order valence-corrected chi connectivity index (χ1v) is 6.66. The van der Waals surface area contributed by atoms with Crippen LogP contribution in [0.25, 0.3) is 0 Å². The highest BCUT2D eigenvalue weighted by molar-refractivity contribution is 7.92. The SMILES string of the molecule is COc1ccc(S(=O)(=O)Nc2ccnn2C)cc1. The Morgan fingerprint density at radius 1 is 1.22 bits per heavy atom. The van der Waals surface area contributed by atoms with E-state index in [-0.39, 0.29) is 4.90 Å². The van der Waals surface area contributed by atoms with E-state index in [1.54, 1.807) is 25.2 Å². The number of anilines is 1. The van der Waals surface area contributed by atoms with Gasteiger partial charge in [-0.15, -0.1) is 0 Å². The first-order chi connectivity index (χ1) is 8.53. The van der Waals surface area contributed by atoms with Crippen LogP contribution < -0.4 is 9.46 Å². The van der Waals surface area contributed by atoms with Gasteiger partial charge in [-0.05, 0) is 24.3 Å². The Bertz CT molecular complexity index is 632. The standard InChI is InChI=1S/C11H13N3O3S/c1-14-11(7-8-12-14)13-18(15,16)10-5-3-9(17-2)4-6-10/h3-8,13H,1-2H3. The van der Waals surface area contributed by atoms with Crippen LogP contribution >= 0.6 is 0 Å². The molecule has 0 saturated carbocycles. The molecule has 0 radical (unpaired) electrons. The molecule has 0 fully saturated rings. The molecule has 1 aromatic carbocycles. The van der Waals surface area contributed by atoms with E-state index >= 15 is 0 Å². The van der Waals surface area contributed by atoms with Gasteiger partial charge in [0.05, 0.1) is 18.2 Å². The predicted octanol–water partition coefficient (Wildman–Crippen LogP) is 1.23. The fraction of sp³-hybridized carbons (Fsp3) is 0.182. The molecule has 7 heteroatoms. The summed E-state index contributed by atoms with van der Waals surface area (Å²) in [6, 6.07) is 7.74. The van der Waals surface area contributed by atoms with Crippen molar-refractivity contribution in [2.75, 3.05) is 11.8 Å². The first-order valence-electron chi connectivity index (χ1n) is 5.18. The summed E-state index contributed by atoms with van der Waals surface area (Å²) in [5.74, 6) is 1.01. The van der Waals surface area contributed by atoms with Gasteiger partial charge in [0, 0.05) is 13.1 Å². The third kappa shape index (κ3) is 2.45. The van der Waals surface area contributed by atoms with Crippen molar-refractivity contribution in [2.45, 2.75) is 4.90 Å². The summed E-state index contributed by atoms with van der Waals surface area (Å²) in [6.45, 7) is 0. The topological polar surface area (TPSA) is 73.2 Å². The number of nitrogens with one attached hydrogen (secondary N) is 1. The maximum absolute atomic E-state index is 12.1. The van der Waals surface area contributed by atoms with Gasteiger partial charge in [0.15, 0.2) is 0 Å². The van der Waals surface area contributed by atoms with Crippen LogP contribution in [0.3, 0.4) is 0 Å². The Kier molecular flexibility index (Phi) is 3.24. The van der Waals surface area contributed by atoms with E-state index in [0.29, 0.717) is 11.6 Å². The summed E-state index contributed by atoms with van der Waals surface area (Å²) in [6.07, 6.45) is 1.52. The van der Waals surface area contributed by atoms with Crippen LogP contribution in [0.1, 0.15) is 0 Å². The monoisotopic (exact) mass is 267 g/mol. The van der Waals surface area contributed by atoms with Gasteiger partial charge in [-0.3, -0.25) is 9.40 Å². The third-order valence-electron chi connectivity index (χ3n) is 2.43. The lowest BCUT2D eigenvalue weighted by Crippen LogP contribution is -2.15. The Balaban J connectivity index is 2.28. The Morgan fingerprint density at radius 2 is 1.89 bits per heavy atom. The van der Waals surface area contributed by atoms with Crippen molar-refractivity contribution in [1.29, 1.82) is 0 Å². The molecular weight excluding hydrogens is 254 g/mol. The van der Waals surface area contributed by atoms with Crippen LogP contribution in [0.4, 0.5) is 5.82 Å². The zero-order chi connectivity index (χ0) is 13.2. The number of aromatic nitrogens is 2. The van der Waals surface area contributed by atoms with Gasteiger partial charge < -0.3 is 4.74 Å². The Labute approximate surface area is 105 Å². The summed E-state index contributed by atoms with van der Waals surface area (Å²) in [5, 5.41) is 3.89. The quantitative estimate of drug-likeness (QED) is 0.904. The van der Waals surface area contributed by atoms with E-state index in [4.69, 9.17) is 4.74 Å². The molecule has 0 bridgehead atoms. The molecule has 2 rings (SSSR count). The van der Waals surface area contributed by atoms with E-state index < -0.39 is 10.0 Å². The van der Waals surface area contributed by atoms with Crippen molar-refractivity contribution in [1.82, 2.24) is 9.78 Å². The molecule has 96 valence electrons. The fourth-order valence-corrected chi connectivity index (χ4v) is 2.51. The van der Waals surface area contributed by atoms with Gasteiger partial charge in [0.2, 0.25) is 0 Å². The molecule has 1 heterocycles. The first kappa shape index (κ1) is 12.4. The Hall–Kier alpha value is -2.02. The van der Waals surface area contributed by atoms with E-state index in [1.807, 2.05) is 0 Å². The smallest absolute Gasteiger partial charge is 0.263 e. The lowest BCUT2D eigenvalue weighted by atomic mass is 10.3. The largest absolute Gasteiger partial charge is 0.497 e. The molecule has 6 nitrogen and oxygen atoms in total. The van der Waals surface area contributed by atoms with Crippen LogP contribution in [0.15, 0.2) is 41.4 Å². The zero-order valence-corrected chi connectivity index (χ0v) is 10.8. The Morgan fingerprint density at radius 3 is 2.39 bits per heavy atom. The molecule has 2 aromatic rings. The minimum atomic E-state index is -3.60. The number of ether oxygens (including phenoxy) is 1. The van der Waals surface area contributed by atoms with Crippen LogP contribution in [0.2, 0.25) is 0 Å². The fourth-order valence-electron chi connectivity index (χ4n) is 1.43. The summed E-state index contributed by atoms with van der Waals surface area (Å²) in [5.41, 5.74) is 0. The van der Waals surface area contributed by atoms with E-state index in [0.717, 1.165) is 0 Å². The molecule has 0 aliphatic carbocycles. The molecule has 0 amide bonds. The van der Waals surface area contributed by atoms with Gasteiger partial charge >= 0.3 is 0 Å². The molecular formula is C11H13N3O3S. The number of aryl methyl sites for hydroxylation is 1. The average molecular weight is 267 g/mol. The highest BCUT2D eigenvalue weighted by Gasteiger charge is 2.15. The van der Waals surface area contributed by atoms with Crippen LogP contribution in [-0.2, 0) is 17.1 Å². The maximum Gasteiger partial charge on any atom is 0.263 e. The normalized spacial score (nSPS) is 11.2. The van der Waals surface area contributed by atoms with Crippen molar-refractivity contribution < 1.29 is 13.2 Å². The molecule has 1 aromatic heterocycles. The van der Waals surface area contributed by atoms with E-state index in [9.17, 15) is 8.42 Å². The second-order valence-corrected chi connectivity index (χ2v) is 5.30. The van der Waals surface area contributed by atoms with Crippen LogP contribution in [0.5, 0.6) is 5.75 Å². The molecule has 1 N–H and O–H groups in total. The predicted molar refractivity (Wildman–Crippen MR) is 67.0 cm³/mol. The highest BCUT2D eigenvalue weighted by Crippen LogP contribution is 2.18. The number of methoxy groups -OCH3 is 1.